The Bertz CT molecular complexity index is 465. The summed E-state index contributed by atoms with van der Waals surface area (Å²) in [6.45, 7) is 2.24. The molecule has 0 aromatic heterocycles. The van der Waals surface area contributed by atoms with E-state index >= 15 is 0 Å². The highest BCUT2D eigenvalue weighted by Gasteiger charge is 2.35. The normalized spacial score (nSPS) is 23.1. The molecule has 1 aliphatic rings. The van der Waals surface area contributed by atoms with Crippen molar-refractivity contribution in [2.24, 2.45) is 11.7 Å². The van der Waals surface area contributed by atoms with Crippen molar-refractivity contribution in [3.8, 4) is 5.75 Å². The summed E-state index contributed by atoms with van der Waals surface area (Å²) in [6.07, 6.45) is 0.320. The highest BCUT2D eigenvalue weighted by atomic mass is 19.4. The molecule has 1 aromatic rings. The van der Waals surface area contributed by atoms with E-state index in [9.17, 15) is 13.2 Å². The molecule has 0 radical (unpaired) electrons. The molecule has 0 unspecified atom stereocenters. The average Bonchev–Trinajstić information content (AvgIpc) is 2.47. The number of alkyl halides is 3. The van der Waals surface area contributed by atoms with Crippen LogP contribution in [0.3, 0.4) is 0 Å². The fourth-order valence-corrected chi connectivity index (χ4v) is 2.87. The van der Waals surface area contributed by atoms with Crippen molar-refractivity contribution in [2.75, 3.05) is 0 Å². The molecule has 0 heterocycles. The predicted molar refractivity (Wildman–Crippen MR) is 76.0 cm³/mol. The number of hydrogen-bond donors (Lipinski definition) is 1. The van der Waals surface area contributed by atoms with Crippen LogP contribution in [0.4, 0.5) is 13.2 Å². The average molecular weight is 301 g/mol. The van der Waals surface area contributed by atoms with Gasteiger partial charge in [0.25, 0.3) is 0 Å². The fourth-order valence-electron chi connectivity index (χ4n) is 2.87. The lowest BCUT2D eigenvalue weighted by atomic mass is 9.86. The Hall–Kier alpha value is -1.23. The maximum absolute atomic E-state index is 13.1. The second-order valence-corrected chi connectivity index (χ2v) is 5.70. The predicted octanol–water partition coefficient (Wildman–Crippen LogP) is 4.51. The third kappa shape index (κ3) is 4.13. The molecular weight excluding hydrogens is 279 g/mol. The van der Waals surface area contributed by atoms with Crippen molar-refractivity contribution >= 4 is 0 Å². The minimum atomic E-state index is -4.42. The number of benzene rings is 1. The summed E-state index contributed by atoms with van der Waals surface area (Å²) in [5.74, 6) is 0.617. The molecule has 1 fully saturated rings. The van der Waals surface area contributed by atoms with Crippen LogP contribution in [0.1, 0.15) is 50.2 Å². The zero-order chi connectivity index (χ0) is 15.5. The maximum atomic E-state index is 13.1. The van der Waals surface area contributed by atoms with Gasteiger partial charge in [0.2, 0.25) is 0 Å². The van der Waals surface area contributed by atoms with Gasteiger partial charge in [-0.15, -0.1) is 0 Å². The molecule has 2 rings (SSSR count). The van der Waals surface area contributed by atoms with Crippen LogP contribution in [0, 0.1) is 5.92 Å². The zero-order valence-electron chi connectivity index (χ0n) is 12.2. The SMILES string of the molecule is CCC1CCC(Oc2ccc(CN)cc2C(F)(F)F)CC1. The van der Waals surface area contributed by atoms with Crippen molar-refractivity contribution in [3.05, 3.63) is 29.3 Å². The van der Waals surface area contributed by atoms with Crippen LogP contribution in [0.5, 0.6) is 5.75 Å². The van der Waals surface area contributed by atoms with Gasteiger partial charge in [0.1, 0.15) is 5.75 Å². The molecule has 0 bridgehead atoms. The van der Waals surface area contributed by atoms with E-state index in [0.29, 0.717) is 11.5 Å². The molecular formula is C16H22F3NO. The first-order valence-electron chi connectivity index (χ1n) is 7.50. The van der Waals surface area contributed by atoms with Gasteiger partial charge in [-0.2, -0.15) is 13.2 Å². The summed E-state index contributed by atoms with van der Waals surface area (Å²) in [4.78, 5) is 0. The Morgan fingerprint density at radius 1 is 1.19 bits per heavy atom. The lowest BCUT2D eigenvalue weighted by molar-refractivity contribution is -0.139. The van der Waals surface area contributed by atoms with Crippen LogP contribution in [0.2, 0.25) is 0 Å². The van der Waals surface area contributed by atoms with Gasteiger partial charge >= 0.3 is 6.18 Å². The second kappa shape index (κ2) is 6.69. The number of hydrogen-bond acceptors (Lipinski definition) is 2. The van der Waals surface area contributed by atoms with E-state index < -0.39 is 11.7 Å². The molecule has 1 saturated carbocycles. The molecule has 0 saturated heterocycles. The van der Waals surface area contributed by atoms with Crippen molar-refractivity contribution < 1.29 is 17.9 Å². The monoisotopic (exact) mass is 301 g/mol. The maximum Gasteiger partial charge on any atom is 0.419 e. The standard InChI is InChI=1S/C16H22F3NO/c1-2-11-3-6-13(7-4-11)21-15-8-5-12(10-20)9-14(15)16(17,18)19/h5,8-9,11,13H,2-4,6-7,10,20H2,1H3. The zero-order valence-corrected chi connectivity index (χ0v) is 12.2. The highest BCUT2D eigenvalue weighted by Crippen LogP contribution is 2.38. The Balaban J connectivity index is 2.13. The summed E-state index contributed by atoms with van der Waals surface area (Å²) in [5.41, 5.74) is 5.16. The molecule has 0 spiro atoms. The molecule has 118 valence electrons. The van der Waals surface area contributed by atoms with Crippen LogP contribution < -0.4 is 10.5 Å². The van der Waals surface area contributed by atoms with Gasteiger partial charge in [0.15, 0.2) is 0 Å². The summed E-state index contributed by atoms with van der Waals surface area (Å²) < 4.78 is 45.0. The summed E-state index contributed by atoms with van der Waals surface area (Å²) >= 11 is 0. The minimum Gasteiger partial charge on any atom is -0.490 e. The lowest BCUT2D eigenvalue weighted by Crippen LogP contribution is -2.25. The highest BCUT2D eigenvalue weighted by molar-refractivity contribution is 5.39. The van der Waals surface area contributed by atoms with Crippen molar-refractivity contribution in [2.45, 2.75) is 57.9 Å². The fraction of sp³-hybridized carbons (Fsp3) is 0.625. The van der Waals surface area contributed by atoms with Crippen LogP contribution in [0.25, 0.3) is 0 Å². The van der Waals surface area contributed by atoms with Crippen LogP contribution >= 0.6 is 0 Å². The smallest absolute Gasteiger partial charge is 0.419 e. The summed E-state index contributed by atoms with van der Waals surface area (Å²) in [5, 5.41) is 0. The van der Waals surface area contributed by atoms with Crippen molar-refractivity contribution in [3.63, 3.8) is 0 Å². The van der Waals surface area contributed by atoms with Gasteiger partial charge in [-0.25, -0.2) is 0 Å². The van der Waals surface area contributed by atoms with E-state index in [4.69, 9.17) is 10.5 Å². The molecule has 0 amide bonds. The number of halogens is 3. The van der Waals surface area contributed by atoms with Gasteiger partial charge in [-0.3, -0.25) is 0 Å². The Morgan fingerprint density at radius 2 is 1.86 bits per heavy atom. The molecule has 21 heavy (non-hydrogen) atoms. The third-order valence-corrected chi connectivity index (χ3v) is 4.25. The molecule has 2 N–H and O–H groups in total. The van der Waals surface area contributed by atoms with E-state index in [-0.39, 0.29) is 18.4 Å². The van der Waals surface area contributed by atoms with E-state index in [1.807, 2.05) is 0 Å². The van der Waals surface area contributed by atoms with Gasteiger partial charge in [0.05, 0.1) is 11.7 Å². The molecule has 5 heteroatoms. The lowest BCUT2D eigenvalue weighted by Gasteiger charge is -2.29. The second-order valence-electron chi connectivity index (χ2n) is 5.70. The molecule has 1 aliphatic carbocycles. The molecule has 0 aliphatic heterocycles. The molecule has 1 aromatic carbocycles. The van der Waals surface area contributed by atoms with Crippen molar-refractivity contribution in [1.82, 2.24) is 0 Å². The molecule has 2 nitrogen and oxygen atoms in total. The van der Waals surface area contributed by atoms with E-state index in [0.717, 1.165) is 38.2 Å². The Morgan fingerprint density at radius 3 is 2.38 bits per heavy atom. The van der Waals surface area contributed by atoms with Crippen LogP contribution in [0.15, 0.2) is 18.2 Å². The van der Waals surface area contributed by atoms with Crippen molar-refractivity contribution in [1.29, 1.82) is 0 Å². The number of ether oxygens (including phenoxy) is 1. The van der Waals surface area contributed by atoms with Gasteiger partial charge in [-0.1, -0.05) is 19.4 Å². The minimum absolute atomic E-state index is 0.0698. The van der Waals surface area contributed by atoms with Gasteiger partial charge in [-0.05, 0) is 49.3 Å². The quantitative estimate of drug-likeness (QED) is 0.888. The Kier molecular flexibility index (Phi) is 5.14. The largest absolute Gasteiger partial charge is 0.490 e. The van der Waals surface area contributed by atoms with E-state index in [1.54, 1.807) is 6.07 Å². The van der Waals surface area contributed by atoms with E-state index in [1.165, 1.54) is 6.07 Å². The van der Waals surface area contributed by atoms with E-state index in [2.05, 4.69) is 6.92 Å². The van der Waals surface area contributed by atoms with Gasteiger partial charge < -0.3 is 10.5 Å². The first kappa shape index (κ1) is 16.1. The van der Waals surface area contributed by atoms with Gasteiger partial charge in [0, 0.05) is 6.54 Å². The Labute approximate surface area is 123 Å². The van der Waals surface area contributed by atoms with Crippen LogP contribution in [-0.4, -0.2) is 6.10 Å². The molecule has 0 atom stereocenters. The number of nitrogens with two attached hydrogens (primary N) is 1. The van der Waals surface area contributed by atoms with Crippen LogP contribution in [-0.2, 0) is 12.7 Å². The summed E-state index contributed by atoms with van der Waals surface area (Å²) in [6, 6.07) is 4.09. The summed E-state index contributed by atoms with van der Waals surface area (Å²) in [7, 11) is 0. The third-order valence-electron chi connectivity index (χ3n) is 4.25. The number of rotatable bonds is 4. The first-order chi connectivity index (χ1) is 9.94. The topological polar surface area (TPSA) is 35.2 Å². The first-order valence-corrected chi connectivity index (χ1v) is 7.50.